The van der Waals surface area contributed by atoms with Crippen molar-refractivity contribution in [3.8, 4) is 90.3 Å². The second-order valence-electron chi connectivity index (χ2n) is 27.5. The first-order chi connectivity index (χ1) is 51.2. The van der Waals surface area contributed by atoms with Crippen LogP contribution in [-0.2, 0) is 0 Å². The molecular weight excluding hydrogens is 1260 g/mol. The van der Waals surface area contributed by atoms with Gasteiger partial charge < -0.3 is 13.7 Å². The number of fused-ring (bicyclic) bond motifs is 12. The molecule has 0 aliphatic carbocycles. The van der Waals surface area contributed by atoms with Gasteiger partial charge in [-0.2, -0.15) is 0 Å². The highest BCUT2D eigenvalue weighted by molar-refractivity contribution is 6.15. The molecule has 0 N–H and O–H groups in total. The Morgan fingerprint density at radius 1 is 0.183 bits per heavy atom. The Morgan fingerprint density at radius 3 is 0.798 bits per heavy atom. The van der Waals surface area contributed by atoms with E-state index in [0.29, 0.717) is 5.82 Å². The first-order valence-corrected chi connectivity index (χ1v) is 35.6. The Labute approximate surface area is 602 Å². The predicted octanol–water partition coefficient (Wildman–Crippen LogP) is 25.2. The van der Waals surface area contributed by atoms with Gasteiger partial charge in [-0.3, -0.25) is 4.57 Å². The molecule has 0 radical (unpaired) electrons. The van der Waals surface area contributed by atoms with Gasteiger partial charge in [0.15, 0.2) is 5.82 Å². The van der Waals surface area contributed by atoms with Crippen LogP contribution in [0.2, 0.25) is 0 Å². The van der Waals surface area contributed by atoms with Gasteiger partial charge in [0.1, 0.15) is 5.82 Å². The monoisotopic (exact) mass is 1330 g/mol. The van der Waals surface area contributed by atoms with Crippen molar-refractivity contribution in [2.45, 2.75) is 27.7 Å². The van der Waals surface area contributed by atoms with E-state index in [2.05, 4.69) is 367 Å². The van der Waals surface area contributed by atoms with Crippen LogP contribution in [0.15, 0.2) is 346 Å². The van der Waals surface area contributed by atoms with Crippen molar-refractivity contribution in [2.75, 3.05) is 0 Å². The molecule has 6 heterocycles. The van der Waals surface area contributed by atoms with E-state index in [1.807, 2.05) is 24.3 Å². The second-order valence-corrected chi connectivity index (χ2v) is 27.5. The molecule has 0 aliphatic rings. The third-order valence-electron chi connectivity index (χ3n) is 20.5. The minimum absolute atomic E-state index is 0.702. The Balaban J connectivity index is 0.000000143. The molecule has 0 bridgehead atoms. The van der Waals surface area contributed by atoms with Gasteiger partial charge in [0.2, 0.25) is 0 Å². The van der Waals surface area contributed by atoms with Crippen LogP contribution < -0.4 is 0 Å². The van der Waals surface area contributed by atoms with E-state index in [1.165, 1.54) is 132 Å². The summed E-state index contributed by atoms with van der Waals surface area (Å²) in [6, 6.07) is 124. The number of rotatable bonds is 10. The van der Waals surface area contributed by atoms with Gasteiger partial charge in [-0.25, -0.2) is 15.0 Å². The maximum atomic E-state index is 5.20. The highest BCUT2D eigenvalue weighted by Crippen LogP contribution is 2.43. The van der Waals surface area contributed by atoms with E-state index in [1.54, 1.807) is 0 Å². The molecule has 0 saturated heterocycles. The molecule has 0 amide bonds. The van der Waals surface area contributed by atoms with Crippen LogP contribution >= 0.6 is 0 Å². The molecule has 7 nitrogen and oxygen atoms in total. The SMILES string of the molecule is Cc1cc(C)cc(-n2c3ccccc3c3cc(-c4ccc5c(c4)c4ccccc4n5-c4cc(-c5ccccc5)nc(-c5ccccc5)c4)ccc32)c1.Cc1cc(C)cc(-n2c3ccccc3c3cc(-c4ccc5c(c4)c4ccccc4n5-c4cc(-c5ccccc5)nc(-c5ccccc5)n4)ccc32)c1. The molecular formula is C97H69N7. The average Bonchev–Trinajstić information content (AvgIpc) is 1.57. The smallest absolute Gasteiger partial charge is 0.162 e. The average molecular weight is 1330 g/mol. The molecule has 7 heteroatoms. The van der Waals surface area contributed by atoms with Gasteiger partial charge in [-0.05, 0) is 181 Å². The summed E-state index contributed by atoms with van der Waals surface area (Å²) in [5.74, 6) is 1.54. The fourth-order valence-corrected chi connectivity index (χ4v) is 16.0. The lowest BCUT2D eigenvalue weighted by Crippen LogP contribution is -2.02. The van der Waals surface area contributed by atoms with Crippen molar-refractivity contribution in [3.63, 3.8) is 0 Å². The largest absolute Gasteiger partial charge is 0.309 e. The second kappa shape index (κ2) is 25.3. The minimum atomic E-state index is 0.702. The third kappa shape index (κ3) is 10.8. The summed E-state index contributed by atoms with van der Waals surface area (Å²) in [6.45, 7) is 8.69. The fourth-order valence-electron chi connectivity index (χ4n) is 16.0. The van der Waals surface area contributed by atoms with Crippen LogP contribution in [0.3, 0.4) is 0 Å². The number of aryl methyl sites for hydroxylation is 4. The summed E-state index contributed by atoms with van der Waals surface area (Å²) >= 11 is 0. The molecule has 20 aromatic rings. The van der Waals surface area contributed by atoms with E-state index < -0.39 is 0 Å². The lowest BCUT2D eigenvalue weighted by Gasteiger charge is -2.13. The summed E-state index contributed by atoms with van der Waals surface area (Å²) < 4.78 is 9.50. The molecule has 0 spiro atoms. The Hall–Kier alpha value is -13.5. The summed E-state index contributed by atoms with van der Waals surface area (Å²) in [5.41, 5.74) is 29.8. The van der Waals surface area contributed by atoms with Crippen molar-refractivity contribution in [2.24, 2.45) is 0 Å². The van der Waals surface area contributed by atoms with Crippen molar-refractivity contribution >= 4 is 87.2 Å². The van der Waals surface area contributed by atoms with Gasteiger partial charge in [-0.15, -0.1) is 0 Å². The van der Waals surface area contributed by atoms with E-state index in [0.717, 1.165) is 61.9 Å². The van der Waals surface area contributed by atoms with Crippen LogP contribution in [0.4, 0.5) is 0 Å². The van der Waals surface area contributed by atoms with Gasteiger partial charge in [0.25, 0.3) is 0 Å². The molecule has 0 aliphatic heterocycles. The fraction of sp³-hybridized carbons (Fsp3) is 0.0412. The first kappa shape index (κ1) is 61.6. The van der Waals surface area contributed by atoms with Crippen molar-refractivity contribution in [1.29, 1.82) is 0 Å². The Kier molecular flexibility index (Phi) is 15.0. The zero-order valence-corrected chi connectivity index (χ0v) is 58.0. The van der Waals surface area contributed by atoms with Gasteiger partial charge in [0, 0.05) is 82.8 Å². The molecule has 0 saturated carbocycles. The zero-order chi connectivity index (χ0) is 69.5. The Bertz CT molecular complexity index is 6190. The van der Waals surface area contributed by atoms with Crippen LogP contribution in [0.5, 0.6) is 0 Å². The summed E-state index contributed by atoms with van der Waals surface area (Å²) in [6.07, 6.45) is 0. The molecule has 0 atom stereocenters. The number of para-hydroxylation sites is 4. The topological polar surface area (TPSA) is 58.4 Å². The zero-order valence-electron chi connectivity index (χ0n) is 58.0. The van der Waals surface area contributed by atoms with E-state index >= 15 is 0 Å². The maximum Gasteiger partial charge on any atom is 0.162 e. The number of aromatic nitrogens is 7. The maximum absolute atomic E-state index is 5.20. The highest BCUT2D eigenvalue weighted by Gasteiger charge is 2.22. The normalized spacial score (nSPS) is 11.7. The molecule has 14 aromatic carbocycles. The van der Waals surface area contributed by atoms with Crippen molar-refractivity contribution in [3.05, 3.63) is 368 Å². The number of hydrogen-bond acceptors (Lipinski definition) is 3. The van der Waals surface area contributed by atoms with E-state index in [9.17, 15) is 0 Å². The molecule has 104 heavy (non-hydrogen) atoms. The first-order valence-electron chi connectivity index (χ1n) is 35.6. The van der Waals surface area contributed by atoms with E-state index in [4.69, 9.17) is 15.0 Å². The van der Waals surface area contributed by atoms with Crippen LogP contribution in [-0.4, -0.2) is 33.2 Å². The highest BCUT2D eigenvalue weighted by atomic mass is 15.1. The Morgan fingerprint density at radius 2 is 0.452 bits per heavy atom. The minimum Gasteiger partial charge on any atom is -0.309 e. The lowest BCUT2D eigenvalue weighted by atomic mass is 10.0. The summed E-state index contributed by atoms with van der Waals surface area (Å²) in [5, 5.41) is 9.85. The van der Waals surface area contributed by atoms with E-state index in [-0.39, 0.29) is 0 Å². The number of hydrogen-bond donors (Lipinski definition) is 0. The summed E-state index contributed by atoms with van der Waals surface area (Å²) in [4.78, 5) is 15.4. The number of benzene rings is 14. The van der Waals surface area contributed by atoms with Crippen LogP contribution in [0.1, 0.15) is 22.3 Å². The summed E-state index contributed by atoms with van der Waals surface area (Å²) in [7, 11) is 0. The quantitative estimate of drug-likeness (QED) is 0.137. The predicted molar refractivity (Wildman–Crippen MR) is 435 cm³/mol. The van der Waals surface area contributed by atoms with Crippen molar-refractivity contribution in [1.82, 2.24) is 33.2 Å². The number of nitrogens with zero attached hydrogens (tertiary/aromatic N) is 7. The van der Waals surface area contributed by atoms with Crippen molar-refractivity contribution < 1.29 is 0 Å². The molecule has 6 aromatic heterocycles. The van der Waals surface area contributed by atoms with Crippen LogP contribution in [0, 0.1) is 27.7 Å². The lowest BCUT2D eigenvalue weighted by molar-refractivity contribution is 1.05. The number of pyridine rings is 1. The van der Waals surface area contributed by atoms with Crippen LogP contribution in [0.25, 0.3) is 178 Å². The molecule has 0 fully saturated rings. The van der Waals surface area contributed by atoms with Gasteiger partial charge in [-0.1, -0.05) is 231 Å². The van der Waals surface area contributed by atoms with Gasteiger partial charge >= 0.3 is 0 Å². The molecule has 0 unspecified atom stereocenters. The molecule has 20 rings (SSSR count). The standard InChI is InChI=1S/C49H35N3.C48H34N4/c1-32-25-33(2)27-38(26-32)51-46-19-11-9-17-40(46)42-28-36(21-23-48(42)51)37-22-24-49-43(29-37)41-18-10-12-20-47(41)52(49)39-30-44(34-13-5-3-6-14-34)50-45(31-39)35-15-7-4-8-16-35;1-31-25-32(2)27-37(26-31)51-43-19-11-9-17-38(43)40-28-35(21-23-45(40)51)36-22-24-46-41(29-36)39-18-10-12-20-44(39)52(46)47-30-42(33-13-5-3-6-14-33)49-48(50-47)34-15-7-4-8-16-34/h3-31H,1-2H3;3-30H,1-2H3. The van der Waals surface area contributed by atoms with Gasteiger partial charge in [0.05, 0.1) is 66.9 Å². The third-order valence-corrected chi connectivity index (χ3v) is 20.5. The molecule has 492 valence electrons.